The van der Waals surface area contributed by atoms with Crippen molar-refractivity contribution in [2.24, 2.45) is 0 Å². The van der Waals surface area contributed by atoms with Crippen LogP contribution in [-0.4, -0.2) is 46.8 Å². The smallest absolute Gasteiger partial charge is 0.244 e. The number of halogens is 1. The van der Waals surface area contributed by atoms with E-state index in [1.807, 2.05) is 25.9 Å². The summed E-state index contributed by atoms with van der Waals surface area (Å²) in [4.78, 5) is 23.5. The molecule has 118 valence electrons. The van der Waals surface area contributed by atoms with E-state index in [9.17, 15) is 9.18 Å². The summed E-state index contributed by atoms with van der Waals surface area (Å²) in [6.07, 6.45) is 1.73. The maximum absolute atomic E-state index is 13.1. The van der Waals surface area contributed by atoms with E-state index in [0.717, 1.165) is 17.1 Å². The summed E-state index contributed by atoms with van der Waals surface area (Å²) in [5.74, 6) is 0.365. The molecule has 0 unspecified atom stereocenters. The molecular formula is C16H21FN4O. The SMILES string of the molecule is Cc1cnc(CN(C)C(=O)[C@H](c2ccc(F)cc2)N(C)C)[nH]1. The highest BCUT2D eigenvalue weighted by atomic mass is 19.1. The number of aromatic nitrogens is 2. The van der Waals surface area contributed by atoms with E-state index in [1.54, 1.807) is 30.3 Å². The number of hydrogen-bond acceptors (Lipinski definition) is 3. The van der Waals surface area contributed by atoms with Crippen molar-refractivity contribution in [3.8, 4) is 0 Å². The Kier molecular flexibility index (Phi) is 4.92. The van der Waals surface area contributed by atoms with Gasteiger partial charge in [0.2, 0.25) is 5.91 Å². The first-order chi connectivity index (χ1) is 10.4. The van der Waals surface area contributed by atoms with Crippen molar-refractivity contribution < 1.29 is 9.18 Å². The number of likely N-dealkylation sites (N-methyl/N-ethyl adjacent to an activating group) is 2. The zero-order valence-electron chi connectivity index (χ0n) is 13.3. The second-order valence-electron chi connectivity index (χ2n) is 5.62. The second-order valence-corrected chi connectivity index (χ2v) is 5.62. The van der Waals surface area contributed by atoms with Gasteiger partial charge in [-0.1, -0.05) is 12.1 Å². The number of nitrogens with one attached hydrogen (secondary N) is 1. The summed E-state index contributed by atoms with van der Waals surface area (Å²) in [5.41, 5.74) is 1.72. The average molecular weight is 304 g/mol. The number of amides is 1. The fraction of sp³-hybridized carbons (Fsp3) is 0.375. The van der Waals surface area contributed by atoms with Gasteiger partial charge in [0.1, 0.15) is 17.7 Å². The summed E-state index contributed by atoms with van der Waals surface area (Å²) in [6, 6.07) is 5.57. The molecule has 1 atom stereocenters. The molecule has 0 fully saturated rings. The number of imidazole rings is 1. The highest BCUT2D eigenvalue weighted by Crippen LogP contribution is 2.21. The van der Waals surface area contributed by atoms with E-state index in [2.05, 4.69) is 9.97 Å². The number of H-pyrrole nitrogens is 1. The molecule has 1 aromatic heterocycles. The Hall–Kier alpha value is -2.21. The summed E-state index contributed by atoms with van der Waals surface area (Å²) < 4.78 is 13.1. The van der Waals surface area contributed by atoms with Crippen LogP contribution in [0.1, 0.15) is 23.1 Å². The van der Waals surface area contributed by atoms with Gasteiger partial charge in [0.05, 0.1) is 6.54 Å². The number of benzene rings is 1. The molecular weight excluding hydrogens is 283 g/mol. The molecule has 5 nitrogen and oxygen atoms in total. The molecule has 0 aliphatic heterocycles. The molecule has 0 saturated heterocycles. The Morgan fingerprint density at radius 3 is 2.41 bits per heavy atom. The highest BCUT2D eigenvalue weighted by molar-refractivity contribution is 5.83. The zero-order valence-corrected chi connectivity index (χ0v) is 13.3. The third-order valence-corrected chi connectivity index (χ3v) is 3.45. The first kappa shape index (κ1) is 16.2. The topological polar surface area (TPSA) is 52.2 Å². The maximum Gasteiger partial charge on any atom is 0.244 e. The predicted octanol–water partition coefficient (Wildman–Crippen LogP) is 2.12. The van der Waals surface area contributed by atoms with Crippen LogP contribution in [0.3, 0.4) is 0 Å². The van der Waals surface area contributed by atoms with E-state index in [1.165, 1.54) is 12.1 Å². The molecule has 0 bridgehead atoms. The van der Waals surface area contributed by atoms with E-state index in [-0.39, 0.29) is 11.7 Å². The largest absolute Gasteiger partial charge is 0.345 e. The molecule has 1 aromatic carbocycles. The minimum absolute atomic E-state index is 0.0642. The van der Waals surface area contributed by atoms with Gasteiger partial charge in [0.25, 0.3) is 0 Å². The van der Waals surface area contributed by atoms with Crippen molar-refractivity contribution in [2.45, 2.75) is 19.5 Å². The van der Waals surface area contributed by atoms with Gasteiger partial charge >= 0.3 is 0 Å². The van der Waals surface area contributed by atoms with Crippen LogP contribution in [0, 0.1) is 12.7 Å². The number of aryl methyl sites for hydroxylation is 1. The van der Waals surface area contributed by atoms with Gasteiger partial charge < -0.3 is 9.88 Å². The molecule has 1 amide bonds. The van der Waals surface area contributed by atoms with Crippen molar-refractivity contribution in [3.63, 3.8) is 0 Å². The van der Waals surface area contributed by atoms with E-state index in [4.69, 9.17) is 0 Å². The lowest BCUT2D eigenvalue weighted by Gasteiger charge is -2.28. The molecule has 0 aliphatic carbocycles. The summed E-state index contributed by atoms with van der Waals surface area (Å²) in [5, 5.41) is 0. The Labute approximate surface area is 129 Å². The molecule has 2 aromatic rings. The number of carbonyl (C=O) groups is 1. The molecule has 6 heteroatoms. The Balaban J connectivity index is 2.17. The van der Waals surface area contributed by atoms with Crippen LogP contribution in [-0.2, 0) is 11.3 Å². The van der Waals surface area contributed by atoms with Gasteiger partial charge in [-0.3, -0.25) is 9.69 Å². The quantitative estimate of drug-likeness (QED) is 0.920. The van der Waals surface area contributed by atoms with Crippen molar-refractivity contribution in [1.29, 1.82) is 0 Å². The first-order valence-electron chi connectivity index (χ1n) is 7.06. The van der Waals surface area contributed by atoms with Crippen LogP contribution in [0.4, 0.5) is 4.39 Å². The van der Waals surface area contributed by atoms with Gasteiger partial charge in [0, 0.05) is 18.9 Å². The third-order valence-electron chi connectivity index (χ3n) is 3.45. The van der Waals surface area contributed by atoms with Gasteiger partial charge in [-0.2, -0.15) is 0 Å². The lowest BCUT2D eigenvalue weighted by atomic mass is 10.0. The molecule has 1 heterocycles. The fourth-order valence-electron chi connectivity index (χ4n) is 2.37. The van der Waals surface area contributed by atoms with Gasteiger partial charge in [-0.15, -0.1) is 0 Å². The first-order valence-corrected chi connectivity index (χ1v) is 7.06. The predicted molar refractivity (Wildman–Crippen MR) is 82.6 cm³/mol. The molecule has 0 spiro atoms. The molecule has 0 saturated carbocycles. The number of hydrogen-bond donors (Lipinski definition) is 1. The van der Waals surface area contributed by atoms with E-state index < -0.39 is 6.04 Å². The van der Waals surface area contributed by atoms with Crippen LogP contribution in [0.15, 0.2) is 30.5 Å². The fourth-order valence-corrected chi connectivity index (χ4v) is 2.37. The molecule has 0 aliphatic rings. The molecule has 0 radical (unpaired) electrons. The van der Waals surface area contributed by atoms with Crippen molar-refractivity contribution >= 4 is 5.91 Å². The lowest BCUT2D eigenvalue weighted by Crippen LogP contribution is -2.38. The van der Waals surface area contributed by atoms with Crippen molar-refractivity contribution in [1.82, 2.24) is 19.8 Å². The van der Waals surface area contributed by atoms with E-state index in [0.29, 0.717) is 6.54 Å². The standard InChI is InChI=1S/C16H21FN4O/c1-11-9-18-14(19-11)10-21(4)16(22)15(20(2)3)12-5-7-13(17)8-6-12/h5-9,15H,10H2,1-4H3,(H,18,19)/t15-/m0/s1. The Morgan fingerprint density at radius 2 is 1.91 bits per heavy atom. The van der Waals surface area contributed by atoms with Crippen molar-refractivity contribution in [2.75, 3.05) is 21.1 Å². The van der Waals surface area contributed by atoms with Crippen LogP contribution in [0.5, 0.6) is 0 Å². The Bertz CT molecular complexity index is 636. The van der Waals surface area contributed by atoms with Crippen LogP contribution >= 0.6 is 0 Å². The minimum atomic E-state index is -0.457. The van der Waals surface area contributed by atoms with E-state index >= 15 is 0 Å². The normalized spacial score (nSPS) is 12.5. The van der Waals surface area contributed by atoms with Gasteiger partial charge in [-0.25, -0.2) is 9.37 Å². The summed E-state index contributed by atoms with van der Waals surface area (Å²) in [7, 11) is 5.40. The number of nitrogens with zero attached hydrogens (tertiary/aromatic N) is 3. The maximum atomic E-state index is 13.1. The number of carbonyl (C=O) groups excluding carboxylic acids is 1. The van der Waals surface area contributed by atoms with Crippen LogP contribution in [0.25, 0.3) is 0 Å². The molecule has 2 rings (SSSR count). The van der Waals surface area contributed by atoms with Gasteiger partial charge in [0.15, 0.2) is 0 Å². The number of rotatable bonds is 5. The molecule has 22 heavy (non-hydrogen) atoms. The zero-order chi connectivity index (χ0) is 16.3. The van der Waals surface area contributed by atoms with Crippen LogP contribution < -0.4 is 0 Å². The van der Waals surface area contributed by atoms with Crippen molar-refractivity contribution in [3.05, 3.63) is 53.4 Å². The summed E-state index contributed by atoms with van der Waals surface area (Å²) in [6.45, 7) is 2.32. The average Bonchev–Trinajstić information content (AvgIpc) is 2.86. The minimum Gasteiger partial charge on any atom is -0.345 e. The number of aromatic amines is 1. The monoisotopic (exact) mass is 304 g/mol. The second kappa shape index (κ2) is 6.70. The third kappa shape index (κ3) is 3.71. The van der Waals surface area contributed by atoms with Crippen LogP contribution in [0.2, 0.25) is 0 Å². The lowest BCUT2D eigenvalue weighted by molar-refractivity contribution is -0.135. The summed E-state index contributed by atoms with van der Waals surface area (Å²) >= 11 is 0. The highest BCUT2D eigenvalue weighted by Gasteiger charge is 2.26. The Morgan fingerprint density at radius 1 is 1.27 bits per heavy atom. The molecule has 1 N–H and O–H groups in total. The van der Waals surface area contributed by atoms with Gasteiger partial charge in [-0.05, 0) is 38.7 Å².